The predicted molar refractivity (Wildman–Crippen MR) is 64.8 cm³/mol. The van der Waals surface area contributed by atoms with Crippen LogP contribution in [0.3, 0.4) is 0 Å². The highest BCUT2D eigenvalue weighted by atomic mass is 32.2. The fourth-order valence-corrected chi connectivity index (χ4v) is 2.52. The summed E-state index contributed by atoms with van der Waals surface area (Å²) < 4.78 is 20.4. The Labute approximate surface area is 94.4 Å². The van der Waals surface area contributed by atoms with Gasteiger partial charge in [0.15, 0.2) is 11.1 Å². The number of rotatable bonds is 1. The lowest BCUT2D eigenvalue weighted by atomic mass is 10.1. The number of aromatic amines is 1. The van der Waals surface area contributed by atoms with Gasteiger partial charge in [0, 0.05) is 16.3 Å². The standard InChI is InChI=1S/C12H9NO2S/c14-16(15)11-7-3-5-9-8-4-1-2-6-10(8)13-12(9)11/h1-7,13H,(H,14,15). The van der Waals surface area contributed by atoms with Gasteiger partial charge in [-0.15, -0.1) is 0 Å². The highest BCUT2D eigenvalue weighted by Crippen LogP contribution is 2.28. The zero-order chi connectivity index (χ0) is 11.1. The van der Waals surface area contributed by atoms with E-state index in [1.165, 1.54) is 0 Å². The Morgan fingerprint density at radius 1 is 1.00 bits per heavy atom. The zero-order valence-electron chi connectivity index (χ0n) is 8.31. The smallest absolute Gasteiger partial charge is 0.188 e. The van der Waals surface area contributed by atoms with Crippen molar-refractivity contribution < 1.29 is 8.76 Å². The van der Waals surface area contributed by atoms with E-state index < -0.39 is 11.1 Å². The van der Waals surface area contributed by atoms with Crippen LogP contribution in [0, 0.1) is 0 Å². The molecular formula is C12H9NO2S. The number of hydrogen-bond acceptors (Lipinski definition) is 1. The van der Waals surface area contributed by atoms with Gasteiger partial charge in [-0.3, -0.25) is 0 Å². The molecule has 3 nitrogen and oxygen atoms in total. The van der Waals surface area contributed by atoms with Crippen LogP contribution < -0.4 is 0 Å². The molecule has 1 aromatic heterocycles. The van der Waals surface area contributed by atoms with E-state index in [4.69, 9.17) is 0 Å². The van der Waals surface area contributed by atoms with Crippen LogP contribution in [-0.4, -0.2) is 13.7 Å². The average Bonchev–Trinajstić information content (AvgIpc) is 2.67. The van der Waals surface area contributed by atoms with E-state index in [0.29, 0.717) is 4.90 Å². The normalized spacial score (nSPS) is 13.3. The molecule has 0 saturated carbocycles. The van der Waals surface area contributed by atoms with Crippen LogP contribution in [0.2, 0.25) is 0 Å². The molecule has 3 aromatic rings. The van der Waals surface area contributed by atoms with Crippen LogP contribution in [0.5, 0.6) is 0 Å². The van der Waals surface area contributed by atoms with Crippen molar-refractivity contribution in [3.05, 3.63) is 42.5 Å². The van der Waals surface area contributed by atoms with Crippen molar-refractivity contribution in [3.63, 3.8) is 0 Å². The van der Waals surface area contributed by atoms with E-state index in [-0.39, 0.29) is 0 Å². The average molecular weight is 231 g/mol. The summed E-state index contributed by atoms with van der Waals surface area (Å²) >= 11 is -1.96. The van der Waals surface area contributed by atoms with E-state index in [1.807, 2.05) is 30.3 Å². The predicted octanol–water partition coefficient (Wildman–Crippen LogP) is 2.90. The number of benzene rings is 2. The molecule has 1 unspecified atom stereocenters. The van der Waals surface area contributed by atoms with Gasteiger partial charge in [0.05, 0.1) is 10.4 Å². The van der Waals surface area contributed by atoms with Crippen molar-refractivity contribution >= 4 is 32.9 Å². The highest BCUT2D eigenvalue weighted by molar-refractivity contribution is 7.79. The van der Waals surface area contributed by atoms with Crippen LogP contribution in [0.25, 0.3) is 21.8 Å². The quantitative estimate of drug-likeness (QED) is 0.633. The molecule has 0 amide bonds. The minimum Gasteiger partial charge on any atom is -0.353 e. The van der Waals surface area contributed by atoms with Crippen LogP contribution in [0.4, 0.5) is 0 Å². The van der Waals surface area contributed by atoms with E-state index >= 15 is 0 Å². The maximum Gasteiger partial charge on any atom is 0.188 e. The third kappa shape index (κ3) is 1.27. The minimum atomic E-state index is -1.96. The summed E-state index contributed by atoms with van der Waals surface area (Å²) in [6.07, 6.45) is 0. The zero-order valence-corrected chi connectivity index (χ0v) is 9.12. The summed E-state index contributed by atoms with van der Waals surface area (Å²) in [5.74, 6) is 0. The molecule has 0 bridgehead atoms. The van der Waals surface area contributed by atoms with E-state index in [1.54, 1.807) is 12.1 Å². The molecule has 0 saturated heterocycles. The third-order valence-electron chi connectivity index (χ3n) is 2.69. The molecule has 3 rings (SSSR count). The summed E-state index contributed by atoms with van der Waals surface area (Å²) in [5, 5.41) is 2.06. The summed E-state index contributed by atoms with van der Waals surface area (Å²) in [7, 11) is 0. The number of hydrogen-bond donors (Lipinski definition) is 2. The first kappa shape index (κ1) is 9.57. The molecule has 4 heteroatoms. The Balaban J connectivity index is 2.54. The second kappa shape index (κ2) is 3.43. The van der Waals surface area contributed by atoms with E-state index in [2.05, 4.69) is 4.98 Å². The van der Waals surface area contributed by atoms with Crippen molar-refractivity contribution in [3.8, 4) is 0 Å². The minimum absolute atomic E-state index is 0.425. The van der Waals surface area contributed by atoms with Crippen molar-refractivity contribution in [2.75, 3.05) is 0 Å². The Morgan fingerprint density at radius 3 is 2.56 bits per heavy atom. The van der Waals surface area contributed by atoms with Gasteiger partial charge in [-0.25, -0.2) is 4.21 Å². The third-order valence-corrected chi connectivity index (χ3v) is 3.41. The molecular weight excluding hydrogens is 222 g/mol. The summed E-state index contributed by atoms with van der Waals surface area (Å²) in [6, 6.07) is 13.3. The molecule has 80 valence electrons. The van der Waals surface area contributed by atoms with Gasteiger partial charge in [0.2, 0.25) is 0 Å². The lowest BCUT2D eigenvalue weighted by molar-refractivity contribution is 0.565. The number of nitrogens with one attached hydrogen (secondary N) is 1. The van der Waals surface area contributed by atoms with Crippen molar-refractivity contribution in [1.29, 1.82) is 0 Å². The van der Waals surface area contributed by atoms with Crippen LogP contribution in [-0.2, 0) is 11.1 Å². The van der Waals surface area contributed by atoms with Gasteiger partial charge in [0.1, 0.15) is 0 Å². The highest BCUT2D eigenvalue weighted by Gasteiger charge is 2.10. The van der Waals surface area contributed by atoms with Gasteiger partial charge in [-0.1, -0.05) is 30.3 Å². The summed E-state index contributed by atoms with van der Waals surface area (Å²) in [5.41, 5.74) is 1.72. The Bertz CT molecular complexity index is 702. The molecule has 0 aliphatic carbocycles. The topological polar surface area (TPSA) is 53.1 Å². The van der Waals surface area contributed by atoms with Gasteiger partial charge >= 0.3 is 0 Å². The van der Waals surface area contributed by atoms with Crippen LogP contribution in [0.1, 0.15) is 0 Å². The Hall–Kier alpha value is -1.65. The number of aromatic nitrogens is 1. The maximum atomic E-state index is 11.2. The number of H-pyrrole nitrogens is 1. The largest absolute Gasteiger partial charge is 0.353 e. The van der Waals surface area contributed by atoms with Crippen molar-refractivity contribution in [2.45, 2.75) is 4.90 Å². The first-order chi connectivity index (χ1) is 7.77. The lowest BCUT2D eigenvalue weighted by Crippen LogP contribution is -1.88. The maximum absolute atomic E-state index is 11.2. The van der Waals surface area contributed by atoms with E-state index in [0.717, 1.165) is 21.8 Å². The number of fused-ring (bicyclic) bond motifs is 3. The first-order valence-electron chi connectivity index (χ1n) is 4.87. The fraction of sp³-hybridized carbons (Fsp3) is 0. The molecule has 0 radical (unpaired) electrons. The SMILES string of the molecule is O=S(O)c1cccc2c1[nH]c1ccccc12. The molecule has 0 aliphatic rings. The van der Waals surface area contributed by atoms with Crippen molar-refractivity contribution in [2.24, 2.45) is 0 Å². The molecule has 2 aromatic carbocycles. The monoisotopic (exact) mass is 231 g/mol. The Kier molecular flexibility index (Phi) is 2.05. The van der Waals surface area contributed by atoms with Gasteiger partial charge in [-0.2, -0.15) is 0 Å². The van der Waals surface area contributed by atoms with Crippen LogP contribution in [0.15, 0.2) is 47.4 Å². The summed E-state index contributed by atoms with van der Waals surface area (Å²) in [4.78, 5) is 3.60. The molecule has 2 N–H and O–H groups in total. The number of para-hydroxylation sites is 2. The van der Waals surface area contributed by atoms with Gasteiger partial charge < -0.3 is 9.54 Å². The molecule has 0 fully saturated rings. The second-order valence-corrected chi connectivity index (χ2v) is 4.54. The van der Waals surface area contributed by atoms with Crippen LogP contribution >= 0.6 is 0 Å². The molecule has 0 aliphatic heterocycles. The van der Waals surface area contributed by atoms with Gasteiger partial charge in [-0.05, 0) is 12.1 Å². The molecule has 1 atom stereocenters. The summed E-state index contributed by atoms with van der Waals surface area (Å²) in [6.45, 7) is 0. The van der Waals surface area contributed by atoms with E-state index in [9.17, 15) is 8.76 Å². The Morgan fingerprint density at radius 2 is 1.75 bits per heavy atom. The fourth-order valence-electron chi connectivity index (χ4n) is 1.99. The molecule has 1 heterocycles. The van der Waals surface area contributed by atoms with Gasteiger partial charge in [0.25, 0.3) is 0 Å². The van der Waals surface area contributed by atoms with Crippen molar-refractivity contribution in [1.82, 2.24) is 4.98 Å². The lowest BCUT2D eigenvalue weighted by Gasteiger charge is -1.96. The first-order valence-corrected chi connectivity index (χ1v) is 5.98. The second-order valence-electron chi connectivity index (χ2n) is 3.60. The molecule has 0 spiro atoms. The molecule has 16 heavy (non-hydrogen) atoms.